The van der Waals surface area contributed by atoms with Crippen LogP contribution < -0.4 is 5.32 Å². The van der Waals surface area contributed by atoms with Gasteiger partial charge in [0.25, 0.3) is 5.91 Å². The quantitative estimate of drug-likeness (QED) is 0.323. The first kappa shape index (κ1) is 24.5. The molecule has 1 N–H and O–H groups in total. The van der Waals surface area contributed by atoms with Crippen LogP contribution >= 0.6 is 12.1 Å². The van der Waals surface area contributed by atoms with Gasteiger partial charge in [-0.25, -0.2) is 4.98 Å². The number of nitrogens with one attached hydrogen (secondary N) is 1. The van der Waals surface area contributed by atoms with E-state index in [0.29, 0.717) is 19.0 Å². The summed E-state index contributed by atoms with van der Waals surface area (Å²) in [5, 5.41) is 3.01. The molecular formula is C25H30FN3OS. The summed E-state index contributed by atoms with van der Waals surface area (Å²) in [6.45, 7) is 11.3. The molecule has 0 saturated carbocycles. The Labute approximate surface area is 189 Å². The lowest BCUT2D eigenvalue weighted by molar-refractivity contribution is 0.0945. The summed E-state index contributed by atoms with van der Waals surface area (Å²) >= 11 is 0.0234. The van der Waals surface area contributed by atoms with E-state index in [1.54, 1.807) is 12.1 Å². The zero-order valence-corrected chi connectivity index (χ0v) is 19.2. The van der Waals surface area contributed by atoms with E-state index in [9.17, 15) is 8.68 Å². The Hall–Kier alpha value is -2.73. The molecule has 6 heteroatoms. The van der Waals surface area contributed by atoms with Crippen molar-refractivity contribution < 1.29 is 8.68 Å². The molecule has 0 fully saturated rings. The molecule has 0 saturated heterocycles. The monoisotopic (exact) mass is 439 g/mol. The largest absolute Gasteiger partial charge is 0.347 e. The molecule has 1 amide bonds. The van der Waals surface area contributed by atoms with E-state index in [4.69, 9.17) is 0 Å². The topological polar surface area (TPSA) is 54.4 Å². The van der Waals surface area contributed by atoms with Gasteiger partial charge in [0.2, 0.25) is 0 Å². The van der Waals surface area contributed by atoms with Crippen LogP contribution in [0, 0.1) is 5.92 Å². The number of rotatable bonds is 11. The van der Waals surface area contributed by atoms with Crippen molar-refractivity contribution in [3.63, 3.8) is 0 Å². The molecule has 1 aromatic heterocycles. The van der Waals surface area contributed by atoms with Gasteiger partial charge in [-0.2, -0.15) is 3.89 Å². The Morgan fingerprint density at radius 3 is 2.65 bits per heavy atom. The van der Waals surface area contributed by atoms with Gasteiger partial charge < -0.3 is 5.32 Å². The second-order valence-corrected chi connectivity index (χ2v) is 7.79. The van der Waals surface area contributed by atoms with Gasteiger partial charge in [0.05, 0.1) is 6.54 Å². The zero-order valence-electron chi connectivity index (χ0n) is 18.4. The first-order valence-corrected chi connectivity index (χ1v) is 11.2. The highest BCUT2D eigenvalue weighted by atomic mass is 32.2. The number of pyridine rings is 1. The highest BCUT2D eigenvalue weighted by Gasteiger charge is 2.15. The van der Waals surface area contributed by atoms with Gasteiger partial charge >= 0.3 is 0 Å². The average Bonchev–Trinajstić information content (AvgIpc) is 2.80. The maximum absolute atomic E-state index is 12.7. The van der Waals surface area contributed by atoms with E-state index in [1.165, 1.54) is 22.8 Å². The van der Waals surface area contributed by atoms with Gasteiger partial charge in [0.1, 0.15) is 22.9 Å². The minimum Gasteiger partial charge on any atom is -0.347 e. The maximum atomic E-state index is 12.7. The van der Waals surface area contributed by atoms with Crippen LogP contribution in [0.25, 0.3) is 5.57 Å². The fourth-order valence-electron chi connectivity index (χ4n) is 3.45. The van der Waals surface area contributed by atoms with Crippen molar-refractivity contribution in [2.45, 2.75) is 45.2 Å². The Bertz CT molecular complexity index is 938. The van der Waals surface area contributed by atoms with Crippen molar-refractivity contribution in [1.82, 2.24) is 10.3 Å². The lowest BCUT2D eigenvalue weighted by atomic mass is 9.86. The number of nitrogens with zero attached hydrogens (tertiary/aromatic N) is 2. The molecule has 31 heavy (non-hydrogen) atoms. The number of aromatic nitrogens is 1. The molecule has 2 rings (SSSR count). The molecule has 0 aliphatic heterocycles. The summed E-state index contributed by atoms with van der Waals surface area (Å²) in [7, 11) is 0. The van der Waals surface area contributed by atoms with Gasteiger partial charge in [-0.1, -0.05) is 50.3 Å². The Kier molecular flexibility index (Phi) is 10.2. The van der Waals surface area contributed by atoms with Crippen LogP contribution in [0.5, 0.6) is 0 Å². The number of carbonyl (C=O) groups is 1. The fraction of sp³-hybridized carbons (Fsp3) is 0.320. The van der Waals surface area contributed by atoms with Gasteiger partial charge in [-0.05, 0) is 66.3 Å². The summed E-state index contributed by atoms with van der Waals surface area (Å²) < 4.78 is 12.7. The number of halogens is 1. The molecule has 0 aliphatic rings. The maximum Gasteiger partial charge on any atom is 0.270 e. The van der Waals surface area contributed by atoms with Crippen molar-refractivity contribution in [1.29, 1.82) is 0 Å². The first-order chi connectivity index (χ1) is 15.0. The molecule has 1 unspecified atom stereocenters. The van der Waals surface area contributed by atoms with Crippen LogP contribution in [0.4, 0.5) is 3.89 Å². The molecular weight excluding hydrogens is 409 g/mol. The second-order valence-electron chi connectivity index (χ2n) is 7.21. The Balaban J connectivity index is 2.17. The Morgan fingerprint density at radius 1 is 1.29 bits per heavy atom. The van der Waals surface area contributed by atoms with Crippen LogP contribution in [-0.4, -0.2) is 23.7 Å². The minimum absolute atomic E-state index is 0.0234. The first-order valence-electron chi connectivity index (χ1n) is 10.4. The third-order valence-corrected chi connectivity index (χ3v) is 5.42. The van der Waals surface area contributed by atoms with Crippen molar-refractivity contribution in [2.75, 3.05) is 6.54 Å². The van der Waals surface area contributed by atoms with Crippen LogP contribution in [0.2, 0.25) is 0 Å². The SMILES string of the molecule is C=CCC(C)/C(=C(/CC)CN=CC)c1ccc(CNC(=O)c2cccc(SF)n2)cc1. The average molecular weight is 440 g/mol. The van der Waals surface area contributed by atoms with Crippen LogP contribution in [0.3, 0.4) is 0 Å². The molecule has 0 radical (unpaired) electrons. The van der Waals surface area contributed by atoms with Gasteiger partial charge in [0.15, 0.2) is 0 Å². The highest BCUT2D eigenvalue weighted by molar-refractivity contribution is 7.94. The number of allylic oxidation sites excluding steroid dienone is 2. The van der Waals surface area contributed by atoms with E-state index in [2.05, 4.69) is 47.9 Å². The Morgan fingerprint density at radius 2 is 2.03 bits per heavy atom. The van der Waals surface area contributed by atoms with Crippen molar-refractivity contribution in [3.05, 3.63) is 77.5 Å². The lowest BCUT2D eigenvalue weighted by Gasteiger charge is -2.20. The van der Waals surface area contributed by atoms with Crippen molar-refractivity contribution in [2.24, 2.45) is 10.9 Å². The summed E-state index contributed by atoms with van der Waals surface area (Å²) in [6, 6.07) is 12.9. The highest BCUT2D eigenvalue weighted by Crippen LogP contribution is 2.31. The number of amides is 1. The smallest absolute Gasteiger partial charge is 0.270 e. The molecule has 1 heterocycles. The molecule has 1 atom stereocenters. The fourth-order valence-corrected chi connectivity index (χ4v) is 3.72. The third kappa shape index (κ3) is 7.17. The number of hydrogen-bond acceptors (Lipinski definition) is 4. The third-order valence-electron chi connectivity index (χ3n) is 5.04. The van der Waals surface area contributed by atoms with E-state index in [-0.39, 0.29) is 28.8 Å². The molecule has 0 bridgehead atoms. The van der Waals surface area contributed by atoms with Gasteiger partial charge in [-0.3, -0.25) is 9.79 Å². The molecule has 0 spiro atoms. The molecule has 0 aliphatic carbocycles. The summed E-state index contributed by atoms with van der Waals surface area (Å²) in [6.07, 6.45) is 5.63. The second kappa shape index (κ2) is 12.8. The van der Waals surface area contributed by atoms with Crippen LogP contribution in [0.1, 0.15) is 55.2 Å². The number of carbonyl (C=O) groups excluding carboxylic acids is 1. The number of benzene rings is 1. The molecule has 164 valence electrons. The lowest BCUT2D eigenvalue weighted by Crippen LogP contribution is -2.23. The van der Waals surface area contributed by atoms with Gasteiger partial charge in [0, 0.05) is 6.54 Å². The van der Waals surface area contributed by atoms with E-state index in [1.807, 2.05) is 31.3 Å². The minimum atomic E-state index is -0.328. The van der Waals surface area contributed by atoms with E-state index in [0.717, 1.165) is 18.4 Å². The van der Waals surface area contributed by atoms with Gasteiger partial charge in [-0.15, -0.1) is 6.58 Å². The zero-order chi connectivity index (χ0) is 22.6. The number of aliphatic imine (C=N–C) groups is 1. The summed E-state index contributed by atoms with van der Waals surface area (Å²) in [5.74, 6) is 0.0163. The normalized spacial score (nSPS) is 13.0. The van der Waals surface area contributed by atoms with Crippen LogP contribution in [-0.2, 0) is 6.54 Å². The molecule has 4 nitrogen and oxygen atoms in total. The predicted octanol–water partition coefficient (Wildman–Crippen LogP) is 6.45. The van der Waals surface area contributed by atoms with Crippen molar-refractivity contribution in [3.8, 4) is 0 Å². The molecule has 2 aromatic rings. The van der Waals surface area contributed by atoms with Crippen molar-refractivity contribution >= 4 is 29.8 Å². The summed E-state index contributed by atoms with van der Waals surface area (Å²) in [5.41, 5.74) is 4.99. The number of hydrogen-bond donors (Lipinski definition) is 1. The standard InChI is InChI=1S/C25H30FN3OS/c1-5-9-18(4)24(20(6-2)17-27-7-3)21-14-12-19(13-15-21)16-28-25(30)22-10-8-11-23(29-22)31-26/h5,7-8,10-15,18H,1,6,9,16-17H2,2-4H3,(H,28,30)/b24-20+,27-7?. The van der Waals surface area contributed by atoms with E-state index < -0.39 is 0 Å². The van der Waals surface area contributed by atoms with Crippen LogP contribution in [0.15, 0.2) is 70.7 Å². The summed E-state index contributed by atoms with van der Waals surface area (Å²) in [4.78, 5) is 20.7. The van der Waals surface area contributed by atoms with E-state index >= 15 is 0 Å². The predicted molar refractivity (Wildman–Crippen MR) is 129 cm³/mol. The molecule has 1 aromatic carbocycles.